The molecule has 0 amide bonds. The Kier molecular flexibility index (Phi) is 4.88. The molecule has 3 rings (SSSR count). The summed E-state index contributed by atoms with van der Waals surface area (Å²) in [5, 5.41) is 0. The van der Waals surface area contributed by atoms with Crippen LogP contribution in [0.3, 0.4) is 0 Å². The Morgan fingerprint density at radius 1 is 1.45 bits per heavy atom. The van der Waals surface area contributed by atoms with Gasteiger partial charge in [0, 0.05) is 37.3 Å². The molecule has 5 nitrogen and oxygen atoms in total. The molecule has 0 aromatic carbocycles. The summed E-state index contributed by atoms with van der Waals surface area (Å²) >= 11 is 1.91. The predicted octanol–water partition coefficient (Wildman–Crippen LogP) is 2.86. The van der Waals surface area contributed by atoms with Crippen LogP contribution in [0.1, 0.15) is 48.0 Å². The van der Waals surface area contributed by atoms with Gasteiger partial charge in [0.15, 0.2) is 0 Å². The van der Waals surface area contributed by atoms with Gasteiger partial charge in [-0.2, -0.15) is 11.8 Å². The maximum Gasteiger partial charge on any atom is 0.106 e. The molecule has 2 aromatic heterocycles. The number of aromatic amines is 2. The van der Waals surface area contributed by atoms with Crippen molar-refractivity contribution in [3.05, 3.63) is 34.9 Å². The molecule has 1 aliphatic rings. The van der Waals surface area contributed by atoms with Crippen molar-refractivity contribution in [3.8, 4) is 0 Å². The van der Waals surface area contributed by atoms with Gasteiger partial charge in [-0.25, -0.2) is 9.97 Å². The van der Waals surface area contributed by atoms with Crippen LogP contribution in [0.5, 0.6) is 0 Å². The number of imidazole rings is 2. The largest absolute Gasteiger partial charge is 0.348 e. The Hall–Kier alpha value is -1.27. The second kappa shape index (κ2) is 6.87. The summed E-state index contributed by atoms with van der Waals surface area (Å²) in [6.07, 6.45) is 7.16. The average Bonchev–Trinajstić information content (AvgIpc) is 3.13. The number of nitrogens with zero attached hydrogens (tertiary/aromatic N) is 3. The number of hydrogen-bond donors (Lipinski definition) is 2. The molecule has 6 heteroatoms. The summed E-state index contributed by atoms with van der Waals surface area (Å²) in [7, 11) is 0. The van der Waals surface area contributed by atoms with Gasteiger partial charge in [0.05, 0.1) is 23.8 Å². The van der Waals surface area contributed by atoms with E-state index in [0.29, 0.717) is 6.04 Å². The minimum absolute atomic E-state index is 0.406. The highest BCUT2D eigenvalue weighted by Crippen LogP contribution is 2.32. The van der Waals surface area contributed by atoms with Crippen LogP contribution < -0.4 is 0 Å². The second-order valence-electron chi connectivity index (χ2n) is 5.89. The van der Waals surface area contributed by atoms with Crippen LogP contribution in [0.4, 0.5) is 0 Å². The Labute approximate surface area is 136 Å². The molecule has 3 heterocycles. The molecule has 0 saturated heterocycles. The highest BCUT2D eigenvalue weighted by molar-refractivity contribution is 7.98. The van der Waals surface area contributed by atoms with E-state index in [0.717, 1.165) is 43.9 Å². The fraction of sp³-hybridized carbons (Fsp3) is 0.625. The van der Waals surface area contributed by atoms with E-state index in [1.165, 1.54) is 22.8 Å². The molecule has 22 heavy (non-hydrogen) atoms. The smallest absolute Gasteiger partial charge is 0.106 e. The van der Waals surface area contributed by atoms with Crippen molar-refractivity contribution < 1.29 is 0 Å². The number of rotatable bonds is 6. The van der Waals surface area contributed by atoms with E-state index >= 15 is 0 Å². The van der Waals surface area contributed by atoms with Crippen molar-refractivity contribution >= 4 is 11.8 Å². The Bertz CT molecular complexity index is 618. The number of thioether (sulfide) groups is 1. The summed E-state index contributed by atoms with van der Waals surface area (Å²) in [5.74, 6) is 2.25. The first kappa shape index (κ1) is 15.6. The van der Waals surface area contributed by atoms with Crippen LogP contribution in [-0.4, -0.2) is 43.4 Å². The van der Waals surface area contributed by atoms with Crippen LogP contribution >= 0.6 is 11.8 Å². The fourth-order valence-electron chi connectivity index (χ4n) is 3.22. The molecule has 0 spiro atoms. The van der Waals surface area contributed by atoms with Crippen LogP contribution in [0, 0.1) is 6.92 Å². The molecule has 0 radical (unpaired) electrons. The maximum atomic E-state index is 4.75. The fourth-order valence-corrected chi connectivity index (χ4v) is 3.68. The van der Waals surface area contributed by atoms with Crippen molar-refractivity contribution in [2.45, 2.75) is 45.7 Å². The van der Waals surface area contributed by atoms with E-state index in [4.69, 9.17) is 4.98 Å². The zero-order chi connectivity index (χ0) is 15.5. The molecule has 0 bridgehead atoms. The lowest BCUT2D eigenvalue weighted by molar-refractivity contribution is 0.166. The van der Waals surface area contributed by atoms with E-state index in [2.05, 4.69) is 40.0 Å². The maximum absolute atomic E-state index is 4.75. The quantitative estimate of drug-likeness (QED) is 0.859. The zero-order valence-electron chi connectivity index (χ0n) is 13.6. The van der Waals surface area contributed by atoms with E-state index in [1.54, 1.807) is 0 Å². The second-order valence-corrected chi connectivity index (χ2v) is 6.88. The summed E-state index contributed by atoms with van der Waals surface area (Å²) in [6, 6.07) is 0.406. The van der Waals surface area contributed by atoms with Crippen LogP contribution in [-0.2, 0) is 19.4 Å². The number of nitrogens with one attached hydrogen (secondary N) is 2. The van der Waals surface area contributed by atoms with E-state index in [-0.39, 0.29) is 0 Å². The number of H-pyrrole nitrogens is 2. The summed E-state index contributed by atoms with van der Waals surface area (Å²) < 4.78 is 0. The molecule has 2 N–H and O–H groups in total. The van der Waals surface area contributed by atoms with Gasteiger partial charge in [-0.1, -0.05) is 6.92 Å². The highest BCUT2D eigenvalue weighted by atomic mass is 32.2. The molecule has 0 fully saturated rings. The lowest BCUT2D eigenvalue weighted by atomic mass is 10.00. The van der Waals surface area contributed by atoms with E-state index in [1.807, 2.05) is 18.1 Å². The number of fused-ring (bicyclic) bond motifs is 1. The van der Waals surface area contributed by atoms with Gasteiger partial charge in [0.1, 0.15) is 5.82 Å². The molecule has 0 aliphatic carbocycles. The van der Waals surface area contributed by atoms with Gasteiger partial charge >= 0.3 is 0 Å². The van der Waals surface area contributed by atoms with Gasteiger partial charge in [-0.05, 0) is 25.4 Å². The van der Waals surface area contributed by atoms with E-state index < -0.39 is 0 Å². The van der Waals surface area contributed by atoms with Gasteiger partial charge in [-0.3, -0.25) is 4.90 Å². The minimum Gasteiger partial charge on any atom is -0.348 e. The number of hydrogen-bond acceptors (Lipinski definition) is 4. The third kappa shape index (κ3) is 3.08. The van der Waals surface area contributed by atoms with Gasteiger partial charge in [0.2, 0.25) is 0 Å². The molecule has 1 aliphatic heterocycles. The topological polar surface area (TPSA) is 60.6 Å². The minimum atomic E-state index is 0.406. The molecule has 2 aromatic rings. The van der Waals surface area contributed by atoms with Crippen molar-refractivity contribution in [1.82, 2.24) is 24.8 Å². The first-order valence-corrected chi connectivity index (χ1v) is 9.41. The molecule has 1 unspecified atom stereocenters. The molecule has 120 valence electrons. The van der Waals surface area contributed by atoms with Crippen LogP contribution in [0.2, 0.25) is 0 Å². The van der Waals surface area contributed by atoms with Gasteiger partial charge in [0.25, 0.3) is 0 Å². The van der Waals surface area contributed by atoms with Crippen molar-refractivity contribution in [2.75, 3.05) is 18.6 Å². The Morgan fingerprint density at radius 2 is 2.32 bits per heavy atom. The zero-order valence-corrected chi connectivity index (χ0v) is 14.5. The number of aryl methyl sites for hydroxylation is 2. The normalized spacial score (nSPS) is 18.6. The van der Waals surface area contributed by atoms with Crippen LogP contribution in [0.25, 0.3) is 0 Å². The molecule has 1 atom stereocenters. The average molecular weight is 319 g/mol. The lowest BCUT2D eigenvalue weighted by Crippen LogP contribution is -2.35. The molecule has 0 saturated carbocycles. The van der Waals surface area contributed by atoms with Gasteiger partial charge < -0.3 is 9.97 Å². The summed E-state index contributed by atoms with van der Waals surface area (Å²) in [4.78, 5) is 18.6. The third-order valence-corrected chi connectivity index (χ3v) is 5.12. The summed E-state index contributed by atoms with van der Waals surface area (Å²) in [6.45, 7) is 6.25. The summed E-state index contributed by atoms with van der Waals surface area (Å²) in [5.41, 5.74) is 4.94. The highest BCUT2D eigenvalue weighted by Gasteiger charge is 2.29. The van der Waals surface area contributed by atoms with E-state index in [9.17, 15) is 0 Å². The van der Waals surface area contributed by atoms with Crippen molar-refractivity contribution in [3.63, 3.8) is 0 Å². The molecular weight excluding hydrogens is 294 g/mol. The SMILES string of the molecule is CCc1nc(CN2CCc3[nH]cnc3C2CCSC)c(C)[nH]1. The first-order valence-electron chi connectivity index (χ1n) is 8.02. The third-order valence-electron chi connectivity index (χ3n) is 4.47. The monoisotopic (exact) mass is 319 g/mol. The Morgan fingerprint density at radius 3 is 3.05 bits per heavy atom. The first-order chi connectivity index (χ1) is 10.7. The number of aromatic nitrogens is 4. The molecular formula is C16H25N5S. The van der Waals surface area contributed by atoms with Crippen LogP contribution in [0.15, 0.2) is 6.33 Å². The lowest BCUT2D eigenvalue weighted by Gasteiger charge is -2.34. The van der Waals surface area contributed by atoms with Crippen molar-refractivity contribution in [2.24, 2.45) is 0 Å². The predicted molar refractivity (Wildman–Crippen MR) is 91.1 cm³/mol. The Balaban J connectivity index is 1.80. The van der Waals surface area contributed by atoms with Crippen molar-refractivity contribution in [1.29, 1.82) is 0 Å². The van der Waals surface area contributed by atoms with Gasteiger partial charge in [-0.15, -0.1) is 0 Å². The standard InChI is InChI=1S/C16H25N5S/c1-4-15-19-11(2)13(20-15)9-21-7-5-12-16(18-10-17-12)14(21)6-8-22-3/h10,14H,4-9H2,1-3H3,(H,17,18)(H,19,20).